The van der Waals surface area contributed by atoms with Gasteiger partial charge in [-0.05, 0) is 60.7 Å². The molecule has 1 saturated heterocycles. The zero-order valence-corrected chi connectivity index (χ0v) is 18.2. The van der Waals surface area contributed by atoms with Crippen molar-refractivity contribution in [2.24, 2.45) is 5.92 Å². The van der Waals surface area contributed by atoms with Gasteiger partial charge in [0.25, 0.3) is 0 Å². The molecule has 1 fully saturated rings. The average Bonchev–Trinajstić information content (AvgIpc) is 3.15. The van der Waals surface area contributed by atoms with Crippen LogP contribution in [0.15, 0.2) is 59.6 Å². The van der Waals surface area contributed by atoms with E-state index in [2.05, 4.69) is 12.2 Å². The third-order valence-electron chi connectivity index (χ3n) is 5.82. The average molecular weight is 444 g/mol. The van der Waals surface area contributed by atoms with Gasteiger partial charge in [0.2, 0.25) is 15.9 Å². The number of benzene rings is 2. The number of sulfonamides is 1. The minimum Gasteiger partial charge on any atom is -0.350 e. The minimum absolute atomic E-state index is 0.0922. The van der Waals surface area contributed by atoms with Gasteiger partial charge in [-0.2, -0.15) is 4.31 Å². The Balaban J connectivity index is 1.45. The van der Waals surface area contributed by atoms with Crippen LogP contribution in [-0.4, -0.2) is 36.3 Å². The molecule has 4 rings (SSSR count). The quantitative estimate of drug-likeness (QED) is 0.634. The standard InChI is InChI=1S/C23H26FN3O3S/c1-17-7-11-27(12-8-17)31(29,30)21-5-6-22-19(14-21)9-10-26(22)16-23(28)25-15-18-3-2-4-20(24)13-18/h2-6,9-10,13-14,17H,7-8,11-12,15-16H2,1H3,(H,25,28). The smallest absolute Gasteiger partial charge is 0.243 e. The van der Waals surface area contributed by atoms with Crippen LogP contribution >= 0.6 is 0 Å². The van der Waals surface area contributed by atoms with Crippen LogP contribution in [0.25, 0.3) is 10.9 Å². The molecule has 8 heteroatoms. The third-order valence-corrected chi connectivity index (χ3v) is 7.71. The summed E-state index contributed by atoms with van der Waals surface area (Å²) in [5.41, 5.74) is 1.47. The van der Waals surface area contributed by atoms with E-state index in [4.69, 9.17) is 0 Å². The Labute approximate surface area is 181 Å². The lowest BCUT2D eigenvalue weighted by atomic mass is 10.0. The van der Waals surface area contributed by atoms with Gasteiger partial charge in [0.1, 0.15) is 12.4 Å². The lowest BCUT2D eigenvalue weighted by molar-refractivity contribution is -0.121. The normalized spacial score (nSPS) is 15.9. The fraction of sp³-hybridized carbons (Fsp3) is 0.348. The van der Waals surface area contributed by atoms with Crippen LogP contribution in [0.1, 0.15) is 25.3 Å². The molecule has 0 atom stereocenters. The molecule has 31 heavy (non-hydrogen) atoms. The molecule has 0 radical (unpaired) electrons. The topological polar surface area (TPSA) is 71.4 Å². The number of carbonyl (C=O) groups excluding carboxylic acids is 1. The molecule has 1 aromatic heterocycles. The molecular formula is C23H26FN3O3S. The largest absolute Gasteiger partial charge is 0.350 e. The molecule has 6 nitrogen and oxygen atoms in total. The van der Waals surface area contributed by atoms with E-state index in [9.17, 15) is 17.6 Å². The molecule has 3 aromatic rings. The van der Waals surface area contributed by atoms with Crippen molar-refractivity contribution in [2.75, 3.05) is 13.1 Å². The molecule has 2 aromatic carbocycles. The van der Waals surface area contributed by atoms with E-state index in [0.29, 0.717) is 24.6 Å². The Morgan fingerprint density at radius 1 is 1.13 bits per heavy atom. The molecule has 0 aliphatic carbocycles. The van der Waals surface area contributed by atoms with Gasteiger partial charge in [-0.1, -0.05) is 19.1 Å². The summed E-state index contributed by atoms with van der Waals surface area (Å²) in [6, 6.07) is 12.9. The lowest BCUT2D eigenvalue weighted by Crippen LogP contribution is -2.37. The second-order valence-electron chi connectivity index (χ2n) is 8.16. The summed E-state index contributed by atoms with van der Waals surface area (Å²) in [5, 5.41) is 3.55. The molecule has 1 amide bonds. The van der Waals surface area contributed by atoms with Crippen molar-refractivity contribution in [3.63, 3.8) is 0 Å². The van der Waals surface area contributed by atoms with Crippen molar-refractivity contribution in [2.45, 2.75) is 37.8 Å². The van der Waals surface area contributed by atoms with E-state index in [1.54, 1.807) is 45.4 Å². The van der Waals surface area contributed by atoms with Crippen LogP contribution in [0.4, 0.5) is 4.39 Å². The maximum Gasteiger partial charge on any atom is 0.243 e. The highest BCUT2D eigenvalue weighted by atomic mass is 32.2. The fourth-order valence-electron chi connectivity index (χ4n) is 3.91. The van der Waals surface area contributed by atoms with Gasteiger partial charge in [0, 0.05) is 36.7 Å². The summed E-state index contributed by atoms with van der Waals surface area (Å²) >= 11 is 0. The summed E-state index contributed by atoms with van der Waals surface area (Å²) < 4.78 is 42.6. The highest BCUT2D eigenvalue weighted by molar-refractivity contribution is 7.89. The van der Waals surface area contributed by atoms with E-state index in [0.717, 1.165) is 23.7 Å². The van der Waals surface area contributed by atoms with Crippen molar-refractivity contribution in [3.05, 3.63) is 66.1 Å². The molecule has 1 aliphatic rings. The first-order chi connectivity index (χ1) is 14.8. The maximum absolute atomic E-state index is 13.3. The van der Waals surface area contributed by atoms with Crippen molar-refractivity contribution in [1.82, 2.24) is 14.2 Å². The number of nitrogens with zero attached hydrogens (tertiary/aromatic N) is 2. The lowest BCUT2D eigenvalue weighted by Gasteiger charge is -2.29. The van der Waals surface area contributed by atoms with Gasteiger partial charge < -0.3 is 9.88 Å². The number of hydrogen-bond donors (Lipinski definition) is 1. The molecule has 0 saturated carbocycles. The van der Waals surface area contributed by atoms with Gasteiger partial charge in [0.15, 0.2) is 0 Å². The Morgan fingerprint density at radius 2 is 1.90 bits per heavy atom. The van der Waals surface area contributed by atoms with Gasteiger partial charge in [-0.3, -0.25) is 4.79 Å². The number of piperidine rings is 1. The van der Waals surface area contributed by atoms with Crippen molar-refractivity contribution in [1.29, 1.82) is 0 Å². The SMILES string of the molecule is CC1CCN(S(=O)(=O)c2ccc3c(ccn3CC(=O)NCc3cccc(F)c3)c2)CC1. The van der Waals surface area contributed by atoms with Crippen LogP contribution < -0.4 is 5.32 Å². The third kappa shape index (κ3) is 4.80. The fourth-order valence-corrected chi connectivity index (χ4v) is 5.41. The highest BCUT2D eigenvalue weighted by Crippen LogP contribution is 2.26. The molecule has 0 spiro atoms. The summed E-state index contributed by atoms with van der Waals surface area (Å²) in [5.74, 6) is 0.00360. The van der Waals surface area contributed by atoms with Crippen LogP contribution in [0.5, 0.6) is 0 Å². The van der Waals surface area contributed by atoms with Crippen molar-refractivity contribution >= 4 is 26.8 Å². The second kappa shape index (κ2) is 8.80. The Morgan fingerprint density at radius 3 is 2.65 bits per heavy atom. The molecular weight excluding hydrogens is 417 g/mol. The molecule has 1 N–H and O–H groups in total. The maximum atomic E-state index is 13.3. The number of aromatic nitrogens is 1. The van der Waals surface area contributed by atoms with Crippen molar-refractivity contribution < 1.29 is 17.6 Å². The first-order valence-corrected chi connectivity index (χ1v) is 11.9. The molecule has 1 aliphatic heterocycles. The van der Waals surface area contributed by atoms with E-state index in [-0.39, 0.29) is 29.7 Å². The predicted molar refractivity (Wildman–Crippen MR) is 117 cm³/mol. The number of nitrogens with one attached hydrogen (secondary N) is 1. The highest BCUT2D eigenvalue weighted by Gasteiger charge is 2.28. The van der Waals surface area contributed by atoms with Gasteiger partial charge in [-0.25, -0.2) is 12.8 Å². The summed E-state index contributed by atoms with van der Waals surface area (Å²) in [6.45, 7) is 3.58. The number of fused-ring (bicyclic) bond motifs is 1. The van der Waals surface area contributed by atoms with E-state index >= 15 is 0 Å². The number of carbonyl (C=O) groups is 1. The zero-order valence-electron chi connectivity index (χ0n) is 17.4. The molecule has 0 unspecified atom stereocenters. The Bertz CT molecular complexity index is 1200. The number of amides is 1. The van der Waals surface area contributed by atoms with Gasteiger partial charge >= 0.3 is 0 Å². The summed E-state index contributed by atoms with van der Waals surface area (Å²) in [6.07, 6.45) is 3.52. The summed E-state index contributed by atoms with van der Waals surface area (Å²) in [7, 11) is -3.52. The number of halogens is 1. The van der Waals surface area contributed by atoms with Crippen LogP contribution in [0.2, 0.25) is 0 Å². The van der Waals surface area contributed by atoms with E-state index < -0.39 is 10.0 Å². The van der Waals surface area contributed by atoms with Gasteiger partial charge in [-0.15, -0.1) is 0 Å². The van der Waals surface area contributed by atoms with E-state index in [1.807, 2.05) is 6.07 Å². The monoisotopic (exact) mass is 443 g/mol. The first-order valence-electron chi connectivity index (χ1n) is 10.4. The summed E-state index contributed by atoms with van der Waals surface area (Å²) in [4.78, 5) is 12.6. The molecule has 2 heterocycles. The van der Waals surface area contributed by atoms with Crippen LogP contribution in [0.3, 0.4) is 0 Å². The molecule has 164 valence electrons. The van der Waals surface area contributed by atoms with Gasteiger partial charge in [0.05, 0.1) is 4.90 Å². The predicted octanol–water partition coefficient (Wildman–Crippen LogP) is 3.52. The Hall–Kier alpha value is -2.71. The van der Waals surface area contributed by atoms with Crippen LogP contribution in [0, 0.1) is 11.7 Å². The van der Waals surface area contributed by atoms with E-state index in [1.165, 1.54) is 12.1 Å². The second-order valence-corrected chi connectivity index (χ2v) is 10.1. The molecule has 0 bridgehead atoms. The zero-order chi connectivity index (χ0) is 22.0. The van der Waals surface area contributed by atoms with Crippen LogP contribution in [-0.2, 0) is 27.9 Å². The number of hydrogen-bond acceptors (Lipinski definition) is 3. The Kier molecular flexibility index (Phi) is 6.11. The first kappa shape index (κ1) is 21.5. The minimum atomic E-state index is -3.52. The van der Waals surface area contributed by atoms with Crippen molar-refractivity contribution in [3.8, 4) is 0 Å². The number of rotatable bonds is 6.